The summed E-state index contributed by atoms with van der Waals surface area (Å²) >= 11 is 0. The highest BCUT2D eigenvalue weighted by molar-refractivity contribution is 5.77. The Morgan fingerprint density at radius 3 is 2.38 bits per heavy atom. The van der Waals surface area contributed by atoms with E-state index in [0.29, 0.717) is 34.8 Å². The molecule has 37 heavy (non-hydrogen) atoms. The lowest BCUT2D eigenvalue weighted by Crippen LogP contribution is -2.36. The number of ether oxygens (including phenoxy) is 3. The number of piperidine rings is 1. The molecule has 2 heterocycles. The maximum atomic E-state index is 10.6. The molecule has 1 aliphatic carbocycles. The normalized spacial score (nSPS) is 17.2. The second-order valence-corrected chi connectivity index (χ2v) is 9.64. The predicted molar refractivity (Wildman–Crippen MR) is 144 cm³/mol. The van der Waals surface area contributed by atoms with Gasteiger partial charge < -0.3 is 29.4 Å². The fraction of sp³-hybridized carbons (Fsp3) is 0.448. The molecule has 0 spiro atoms. The fourth-order valence-corrected chi connectivity index (χ4v) is 5.21. The summed E-state index contributed by atoms with van der Waals surface area (Å²) in [6.45, 7) is 3.96. The molecule has 0 amide bonds. The van der Waals surface area contributed by atoms with Gasteiger partial charge >= 0.3 is 0 Å². The molecular weight excluding hydrogens is 470 g/mol. The Morgan fingerprint density at radius 2 is 1.70 bits per heavy atom. The van der Waals surface area contributed by atoms with Crippen LogP contribution in [0.15, 0.2) is 40.9 Å². The van der Waals surface area contributed by atoms with Crippen LogP contribution in [0.5, 0.6) is 17.2 Å². The number of likely N-dealkylation sites (tertiary alicyclic amines) is 1. The Morgan fingerprint density at radius 1 is 0.973 bits per heavy atom. The summed E-state index contributed by atoms with van der Waals surface area (Å²) in [5, 5.41) is 3.81. The van der Waals surface area contributed by atoms with Crippen molar-refractivity contribution in [2.75, 3.05) is 46.7 Å². The van der Waals surface area contributed by atoms with Crippen molar-refractivity contribution in [3.05, 3.63) is 53.3 Å². The van der Waals surface area contributed by atoms with Crippen molar-refractivity contribution in [2.45, 2.75) is 38.5 Å². The molecule has 1 fully saturated rings. The SMILES string of the molecule is COc1cc(OC)c(-c2cc(C=O)on2)cc1OC.Nc1ccc2c(c1)CCC(CN1CCCCC1)C2. The van der Waals surface area contributed by atoms with Crippen LogP contribution < -0.4 is 19.9 Å². The summed E-state index contributed by atoms with van der Waals surface area (Å²) in [6, 6.07) is 11.4. The average molecular weight is 508 g/mol. The van der Waals surface area contributed by atoms with Gasteiger partial charge in [0, 0.05) is 29.9 Å². The molecule has 2 N–H and O–H groups in total. The summed E-state index contributed by atoms with van der Waals surface area (Å²) in [5.41, 5.74) is 10.9. The summed E-state index contributed by atoms with van der Waals surface area (Å²) in [5.74, 6) is 2.63. The number of rotatable bonds is 7. The number of nitrogens with two attached hydrogens (primary N) is 1. The zero-order valence-electron chi connectivity index (χ0n) is 22.0. The maximum absolute atomic E-state index is 10.6. The van der Waals surface area contributed by atoms with E-state index in [4.69, 9.17) is 24.5 Å². The highest BCUT2D eigenvalue weighted by Gasteiger charge is 2.22. The molecule has 1 atom stereocenters. The first kappa shape index (κ1) is 26.5. The van der Waals surface area contributed by atoms with Crippen LogP contribution in [-0.4, -0.2) is 57.3 Å². The standard InChI is InChI=1S/C16H24N2.C13H13NO5/c17-16-7-6-14-10-13(4-5-15(14)11-16)12-18-8-2-1-3-9-18;1-16-11-6-13(18-3)12(17-2)5-9(11)10-4-8(7-15)19-14-10/h6-7,11,13H,1-5,8-10,12,17H2;4-7H,1-3H3. The van der Waals surface area contributed by atoms with E-state index in [2.05, 4.69) is 28.3 Å². The average Bonchev–Trinajstić information content (AvgIpc) is 3.42. The molecule has 8 heteroatoms. The van der Waals surface area contributed by atoms with Crippen molar-refractivity contribution >= 4 is 12.0 Å². The Balaban J connectivity index is 0.000000173. The molecule has 5 rings (SSSR count). The lowest BCUT2D eigenvalue weighted by atomic mass is 9.83. The molecule has 0 saturated carbocycles. The van der Waals surface area contributed by atoms with Gasteiger partial charge in [0.15, 0.2) is 23.5 Å². The number of hydrogen-bond donors (Lipinski definition) is 1. The van der Waals surface area contributed by atoms with Crippen molar-refractivity contribution < 1.29 is 23.5 Å². The topological polar surface area (TPSA) is 100 Å². The van der Waals surface area contributed by atoms with Gasteiger partial charge in [0.05, 0.1) is 21.3 Å². The van der Waals surface area contributed by atoms with Gasteiger partial charge in [0.1, 0.15) is 11.4 Å². The predicted octanol–water partition coefficient (Wildman–Crippen LogP) is 5.04. The highest BCUT2D eigenvalue weighted by Crippen LogP contribution is 2.39. The van der Waals surface area contributed by atoms with Crippen molar-refractivity contribution in [1.82, 2.24) is 10.1 Å². The first-order valence-electron chi connectivity index (χ1n) is 12.9. The number of nitrogen functional groups attached to an aromatic ring is 1. The Kier molecular flexibility index (Phi) is 9.06. The molecule has 0 radical (unpaired) electrons. The van der Waals surface area contributed by atoms with Crippen LogP contribution in [0.2, 0.25) is 0 Å². The van der Waals surface area contributed by atoms with Gasteiger partial charge in [0.2, 0.25) is 0 Å². The van der Waals surface area contributed by atoms with E-state index >= 15 is 0 Å². The van der Waals surface area contributed by atoms with Gasteiger partial charge in [-0.05, 0) is 80.4 Å². The Bertz CT molecular complexity index is 1190. The number of aryl methyl sites for hydroxylation is 1. The fourth-order valence-electron chi connectivity index (χ4n) is 5.21. The maximum Gasteiger partial charge on any atom is 0.199 e. The van der Waals surface area contributed by atoms with E-state index in [1.807, 2.05) is 0 Å². The van der Waals surface area contributed by atoms with Gasteiger partial charge in [-0.3, -0.25) is 4.79 Å². The highest BCUT2D eigenvalue weighted by atomic mass is 16.5. The molecule has 3 aromatic rings. The van der Waals surface area contributed by atoms with Gasteiger partial charge in [-0.2, -0.15) is 0 Å². The van der Waals surface area contributed by atoms with Crippen LogP contribution in [0.25, 0.3) is 11.3 Å². The summed E-state index contributed by atoms with van der Waals surface area (Å²) in [4.78, 5) is 13.3. The summed E-state index contributed by atoms with van der Waals surface area (Å²) in [7, 11) is 4.61. The Labute approximate surface area is 218 Å². The minimum atomic E-state index is 0.145. The lowest BCUT2D eigenvalue weighted by molar-refractivity contribution is 0.109. The van der Waals surface area contributed by atoms with Crippen LogP contribution in [0.3, 0.4) is 0 Å². The molecule has 1 unspecified atom stereocenters. The van der Waals surface area contributed by atoms with Crippen LogP contribution in [0, 0.1) is 5.92 Å². The van der Waals surface area contributed by atoms with Crippen molar-refractivity contribution in [3.63, 3.8) is 0 Å². The monoisotopic (exact) mass is 507 g/mol. The third kappa shape index (κ3) is 6.63. The molecule has 8 nitrogen and oxygen atoms in total. The molecule has 2 aromatic carbocycles. The lowest BCUT2D eigenvalue weighted by Gasteiger charge is -2.33. The van der Waals surface area contributed by atoms with E-state index in [9.17, 15) is 4.79 Å². The smallest absolute Gasteiger partial charge is 0.199 e. The van der Waals surface area contributed by atoms with Gasteiger partial charge in [-0.1, -0.05) is 17.6 Å². The van der Waals surface area contributed by atoms with Crippen LogP contribution in [0.4, 0.5) is 5.69 Å². The zero-order chi connectivity index (χ0) is 26.2. The molecule has 0 bridgehead atoms. The number of fused-ring (bicyclic) bond motifs is 1. The molecular formula is C29H37N3O5. The summed E-state index contributed by atoms with van der Waals surface area (Å²) < 4.78 is 20.5. The van der Waals surface area contributed by atoms with E-state index in [1.54, 1.807) is 12.1 Å². The first-order valence-corrected chi connectivity index (χ1v) is 12.9. The first-order chi connectivity index (χ1) is 18.0. The minimum absolute atomic E-state index is 0.145. The van der Waals surface area contributed by atoms with Gasteiger partial charge in [0.25, 0.3) is 0 Å². The van der Waals surface area contributed by atoms with E-state index in [0.717, 1.165) is 11.6 Å². The number of anilines is 1. The van der Waals surface area contributed by atoms with Crippen LogP contribution in [-0.2, 0) is 12.8 Å². The van der Waals surface area contributed by atoms with E-state index in [-0.39, 0.29) is 5.76 Å². The van der Waals surface area contributed by atoms with Crippen molar-refractivity contribution in [2.24, 2.45) is 5.92 Å². The molecule has 1 saturated heterocycles. The number of aldehydes is 1. The number of benzene rings is 2. The van der Waals surface area contributed by atoms with Gasteiger partial charge in [-0.25, -0.2) is 0 Å². The number of nitrogens with zero attached hydrogens (tertiary/aromatic N) is 2. The van der Waals surface area contributed by atoms with Crippen molar-refractivity contribution in [1.29, 1.82) is 0 Å². The number of methoxy groups -OCH3 is 3. The minimum Gasteiger partial charge on any atom is -0.496 e. The molecule has 198 valence electrons. The third-order valence-corrected chi connectivity index (χ3v) is 7.15. The number of carbonyl (C=O) groups excluding carboxylic acids is 1. The number of carbonyl (C=O) groups is 1. The Hall–Kier alpha value is -3.52. The van der Waals surface area contributed by atoms with Crippen molar-refractivity contribution in [3.8, 4) is 28.5 Å². The summed E-state index contributed by atoms with van der Waals surface area (Å²) in [6.07, 6.45) is 8.64. The number of hydrogen-bond acceptors (Lipinski definition) is 8. The second kappa shape index (κ2) is 12.6. The quantitative estimate of drug-likeness (QED) is 0.351. The molecule has 1 aromatic heterocycles. The zero-order valence-corrected chi connectivity index (χ0v) is 22.0. The number of aromatic nitrogens is 1. The van der Waals surface area contributed by atoms with Crippen LogP contribution >= 0.6 is 0 Å². The van der Waals surface area contributed by atoms with Crippen LogP contribution in [0.1, 0.15) is 47.4 Å². The molecule has 1 aliphatic heterocycles. The van der Waals surface area contributed by atoms with E-state index in [1.165, 1.54) is 96.7 Å². The second-order valence-electron chi connectivity index (χ2n) is 9.64. The largest absolute Gasteiger partial charge is 0.496 e. The third-order valence-electron chi connectivity index (χ3n) is 7.15. The van der Waals surface area contributed by atoms with Gasteiger partial charge in [-0.15, -0.1) is 0 Å². The van der Waals surface area contributed by atoms with E-state index < -0.39 is 0 Å². The molecule has 2 aliphatic rings.